The fourth-order valence-electron chi connectivity index (χ4n) is 1.36. The Labute approximate surface area is 109 Å². The first-order chi connectivity index (χ1) is 7.87. The summed E-state index contributed by atoms with van der Waals surface area (Å²) in [6.45, 7) is 1.89. The van der Waals surface area contributed by atoms with Crippen LogP contribution in [0.1, 0.15) is 24.9 Å². The Morgan fingerprint density at radius 3 is 2.33 bits per heavy atom. The highest BCUT2D eigenvalue weighted by atomic mass is 35.5. The molecule has 0 radical (unpaired) electrons. The fraction of sp³-hybridized carbons (Fsp3) is 0.455. The summed E-state index contributed by atoms with van der Waals surface area (Å²) in [5, 5.41) is 0. The second-order valence-electron chi connectivity index (χ2n) is 3.47. The molecule has 1 aromatic rings. The maximum atomic E-state index is 12.1. The minimum atomic E-state index is -4.73. The SMILES string of the molecule is CCC(N)c1ccc(OC(F)(F)F)c(OC)c1.Cl. The Morgan fingerprint density at radius 1 is 1.28 bits per heavy atom. The lowest BCUT2D eigenvalue weighted by atomic mass is 10.1. The molecule has 0 aliphatic heterocycles. The number of ether oxygens (including phenoxy) is 2. The Balaban J connectivity index is 0.00000289. The van der Waals surface area contributed by atoms with Crippen molar-refractivity contribution in [2.24, 2.45) is 5.73 Å². The van der Waals surface area contributed by atoms with Crippen LogP contribution in [0.2, 0.25) is 0 Å². The quantitative estimate of drug-likeness (QED) is 0.922. The maximum absolute atomic E-state index is 12.1. The second kappa shape index (κ2) is 6.70. The molecule has 3 nitrogen and oxygen atoms in total. The van der Waals surface area contributed by atoms with Gasteiger partial charge >= 0.3 is 6.36 Å². The number of nitrogens with two attached hydrogens (primary N) is 1. The van der Waals surface area contributed by atoms with Gasteiger partial charge in [-0.3, -0.25) is 0 Å². The van der Waals surface area contributed by atoms with Gasteiger partial charge in [0.15, 0.2) is 11.5 Å². The molecule has 0 fully saturated rings. The molecule has 0 bridgehead atoms. The van der Waals surface area contributed by atoms with E-state index in [1.54, 1.807) is 0 Å². The summed E-state index contributed by atoms with van der Waals surface area (Å²) in [5.41, 5.74) is 6.48. The van der Waals surface area contributed by atoms with Crippen molar-refractivity contribution in [2.45, 2.75) is 25.7 Å². The second-order valence-corrected chi connectivity index (χ2v) is 3.47. The Kier molecular flexibility index (Phi) is 6.28. The van der Waals surface area contributed by atoms with E-state index in [1.165, 1.54) is 25.3 Å². The lowest BCUT2D eigenvalue weighted by molar-refractivity contribution is -0.275. The van der Waals surface area contributed by atoms with E-state index >= 15 is 0 Å². The molecular formula is C11H15ClF3NO2. The predicted octanol–water partition coefficient (Wildman–Crippen LogP) is 3.43. The molecule has 18 heavy (non-hydrogen) atoms. The molecule has 1 aromatic carbocycles. The normalized spacial score (nSPS) is 12.6. The van der Waals surface area contributed by atoms with Crippen LogP contribution in [-0.4, -0.2) is 13.5 Å². The molecule has 104 valence electrons. The highest BCUT2D eigenvalue weighted by Crippen LogP contribution is 2.34. The zero-order valence-corrected chi connectivity index (χ0v) is 10.8. The summed E-state index contributed by atoms with van der Waals surface area (Å²) in [6.07, 6.45) is -4.05. The van der Waals surface area contributed by atoms with Crippen LogP contribution in [0, 0.1) is 0 Å². The largest absolute Gasteiger partial charge is 0.573 e. The zero-order valence-electron chi connectivity index (χ0n) is 9.95. The summed E-state index contributed by atoms with van der Waals surface area (Å²) < 4.78 is 44.9. The first kappa shape index (κ1) is 16.9. The molecule has 0 amide bonds. The molecule has 0 heterocycles. The maximum Gasteiger partial charge on any atom is 0.573 e. The van der Waals surface area contributed by atoms with Gasteiger partial charge in [0.1, 0.15) is 0 Å². The molecular weight excluding hydrogens is 271 g/mol. The molecule has 1 atom stereocenters. The van der Waals surface area contributed by atoms with Crippen LogP contribution < -0.4 is 15.2 Å². The zero-order chi connectivity index (χ0) is 13.1. The van der Waals surface area contributed by atoms with Gasteiger partial charge in [0.2, 0.25) is 0 Å². The van der Waals surface area contributed by atoms with Crippen LogP contribution in [0.4, 0.5) is 13.2 Å². The first-order valence-electron chi connectivity index (χ1n) is 5.06. The highest BCUT2D eigenvalue weighted by molar-refractivity contribution is 5.85. The average molecular weight is 286 g/mol. The van der Waals surface area contributed by atoms with E-state index in [0.29, 0.717) is 12.0 Å². The van der Waals surface area contributed by atoms with Gasteiger partial charge in [0.05, 0.1) is 7.11 Å². The Bertz CT molecular complexity index is 385. The van der Waals surface area contributed by atoms with E-state index in [4.69, 9.17) is 10.5 Å². The molecule has 0 aliphatic carbocycles. The summed E-state index contributed by atoms with van der Waals surface area (Å²) >= 11 is 0. The van der Waals surface area contributed by atoms with Crippen LogP contribution in [0.25, 0.3) is 0 Å². The number of methoxy groups -OCH3 is 1. The van der Waals surface area contributed by atoms with Crippen molar-refractivity contribution in [2.75, 3.05) is 7.11 Å². The van der Waals surface area contributed by atoms with Crippen LogP contribution in [0.5, 0.6) is 11.5 Å². The van der Waals surface area contributed by atoms with Gasteiger partial charge in [-0.2, -0.15) is 0 Å². The number of hydrogen-bond donors (Lipinski definition) is 1. The number of rotatable bonds is 4. The lowest BCUT2D eigenvalue weighted by Gasteiger charge is -2.15. The van der Waals surface area contributed by atoms with Gasteiger partial charge in [-0.25, -0.2) is 0 Å². The van der Waals surface area contributed by atoms with Gasteiger partial charge in [0, 0.05) is 6.04 Å². The van der Waals surface area contributed by atoms with E-state index in [1.807, 2.05) is 6.92 Å². The Morgan fingerprint density at radius 2 is 1.89 bits per heavy atom. The monoisotopic (exact) mass is 285 g/mol. The van der Waals surface area contributed by atoms with E-state index in [9.17, 15) is 13.2 Å². The molecule has 2 N–H and O–H groups in total. The number of hydrogen-bond acceptors (Lipinski definition) is 3. The number of alkyl halides is 3. The van der Waals surface area contributed by atoms with E-state index in [-0.39, 0.29) is 29.9 Å². The third-order valence-corrected chi connectivity index (χ3v) is 2.28. The van der Waals surface area contributed by atoms with Crippen LogP contribution in [0.15, 0.2) is 18.2 Å². The van der Waals surface area contributed by atoms with Crippen molar-refractivity contribution >= 4 is 12.4 Å². The number of benzene rings is 1. The molecule has 0 spiro atoms. The third kappa shape index (κ3) is 4.62. The molecule has 0 saturated carbocycles. The van der Waals surface area contributed by atoms with E-state index in [0.717, 1.165) is 0 Å². The van der Waals surface area contributed by atoms with Gasteiger partial charge in [-0.1, -0.05) is 13.0 Å². The molecule has 7 heteroatoms. The fourth-order valence-corrected chi connectivity index (χ4v) is 1.36. The lowest BCUT2D eigenvalue weighted by Crippen LogP contribution is -2.18. The minimum Gasteiger partial charge on any atom is -0.493 e. The van der Waals surface area contributed by atoms with Crippen LogP contribution >= 0.6 is 12.4 Å². The van der Waals surface area contributed by atoms with Gasteiger partial charge in [0.25, 0.3) is 0 Å². The molecule has 1 unspecified atom stereocenters. The molecule has 0 aliphatic rings. The topological polar surface area (TPSA) is 44.5 Å². The smallest absolute Gasteiger partial charge is 0.493 e. The van der Waals surface area contributed by atoms with Gasteiger partial charge in [-0.05, 0) is 24.1 Å². The van der Waals surface area contributed by atoms with Crippen molar-refractivity contribution in [1.29, 1.82) is 0 Å². The van der Waals surface area contributed by atoms with Crippen molar-refractivity contribution in [3.8, 4) is 11.5 Å². The van der Waals surface area contributed by atoms with Crippen molar-refractivity contribution in [1.82, 2.24) is 0 Å². The standard InChI is InChI=1S/C11H14F3NO2.ClH/c1-3-8(15)7-4-5-9(10(6-7)16-2)17-11(12,13)14;/h4-6,8H,3,15H2,1-2H3;1H. The van der Waals surface area contributed by atoms with Gasteiger partial charge in [-0.15, -0.1) is 25.6 Å². The highest BCUT2D eigenvalue weighted by Gasteiger charge is 2.32. The predicted molar refractivity (Wildman–Crippen MR) is 64.1 cm³/mol. The molecule has 0 saturated heterocycles. The Hall–Kier alpha value is -1.14. The van der Waals surface area contributed by atoms with E-state index in [2.05, 4.69) is 4.74 Å². The van der Waals surface area contributed by atoms with E-state index < -0.39 is 6.36 Å². The average Bonchev–Trinajstić information content (AvgIpc) is 2.26. The van der Waals surface area contributed by atoms with Crippen molar-refractivity contribution < 1.29 is 22.6 Å². The van der Waals surface area contributed by atoms with Gasteiger partial charge < -0.3 is 15.2 Å². The summed E-state index contributed by atoms with van der Waals surface area (Å²) in [5.74, 6) is -0.351. The summed E-state index contributed by atoms with van der Waals surface area (Å²) in [6, 6.07) is 3.92. The third-order valence-electron chi connectivity index (χ3n) is 2.28. The summed E-state index contributed by atoms with van der Waals surface area (Å²) in [7, 11) is 1.28. The first-order valence-corrected chi connectivity index (χ1v) is 5.06. The van der Waals surface area contributed by atoms with Crippen LogP contribution in [-0.2, 0) is 0 Å². The minimum absolute atomic E-state index is 0. The van der Waals surface area contributed by atoms with Crippen molar-refractivity contribution in [3.05, 3.63) is 23.8 Å². The molecule has 1 rings (SSSR count). The molecule has 0 aromatic heterocycles. The van der Waals surface area contributed by atoms with Crippen LogP contribution in [0.3, 0.4) is 0 Å². The summed E-state index contributed by atoms with van der Waals surface area (Å²) in [4.78, 5) is 0. The number of halogens is 4. The van der Waals surface area contributed by atoms with Crippen molar-refractivity contribution in [3.63, 3.8) is 0 Å².